The zero-order valence-electron chi connectivity index (χ0n) is 11.0. The number of nitrogens with zero attached hydrogens (tertiary/aromatic N) is 4. The van der Waals surface area contributed by atoms with Gasteiger partial charge in [-0.1, -0.05) is 0 Å². The summed E-state index contributed by atoms with van der Waals surface area (Å²) in [4.78, 5) is 10.7. The highest BCUT2D eigenvalue weighted by molar-refractivity contribution is 7.90. The first-order valence-electron chi connectivity index (χ1n) is 6.33. The molecular formula is C12H15N5O2S. The van der Waals surface area contributed by atoms with Crippen molar-refractivity contribution in [2.75, 3.05) is 17.7 Å². The highest BCUT2D eigenvalue weighted by Gasteiger charge is 2.32. The lowest BCUT2D eigenvalue weighted by Crippen LogP contribution is -2.25. The van der Waals surface area contributed by atoms with Gasteiger partial charge in [-0.25, -0.2) is 13.4 Å². The predicted octanol–water partition coefficient (Wildman–Crippen LogP) is 0.945. The lowest BCUT2D eigenvalue weighted by Gasteiger charge is -2.24. The molecule has 2 aromatic heterocycles. The van der Waals surface area contributed by atoms with E-state index in [0.717, 1.165) is 25.2 Å². The van der Waals surface area contributed by atoms with Gasteiger partial charge in [-0.05, 0) is 12.8 Å². The van der Waals surface area contributed by atoms with Gasteiger partial charge in [-0.2, -0.15) is 5.10 Å². The Balaban J connectivity index is 2.00. The Morgan fingerprint density at radius 2 is 2.20 bits per heavy atom. The van der Waals surface area contributed by atoms with Crippen LogP contribution in [-0.4, -0.2) is 41.4 Å². The van der Waals surface area contributed by atoms with Crippen LogP contribution in [0.15, 0.2) is 29.7 Å². The van der Waals surface area contributed by atoms with Crippen LogP contribution in [0.3, 0.4) is 0 Å². The maximum Gasteiger partial charge on any atom is 0.178 e. The largest absolute Gasteiger partial charge is 0.347 e. The third-order valence-corrected chi connectivity index (χ3v) is 4.59. The predicted molar refractivity (Wildman–Crippen MR) is 73.1 cm³/mol. The number of rotatable bonds is 3. The molecule has 8 heteroatoms. The van der Waals surface area contributed by atoms with E-state index in [2.05, 4.69) is 25.1 Å². The van der Waals surface area contributed by atoms with E-state index in [1.807, 2.05) is 0 Å². The second-order valence-corrected chi connectivity index (χ2v) is 6.82. The number of aromatic nitrogens is 4. The van der Waals surface area contributed by atoms with Crippen molar-refractivity contribution in [1.29, 1.82) is 0 Å². The molecule has 0 amide bonds. The molecule has 1 fully saturated rings. The number of anilines is 1. The molecule has 0 bridgehead atoms. The van der Waals surface area contributed by atoms with Crippen molar-refractivity contribution < 1.29 is 8.42 Å². The van der Waals surface area contributed by atoms with Crippen LogP contribution >= 0.6 is 0 Å². The number of sulfone groups is 1. The third kappa shape index (κ3) is 2.26. The molecule has 20 heavy (non-hydrogen) atoms. The fourth-order valence-electron chi connectivity index (χ4n) is 2.60. The average Bonchev–Trinajstić information content (AvgIpc) is 3.07. The quantitative estimate of drug-likeness (QED) is 0.905. The smallest absolute Gasteiger partial charge is 0.178 e. The lowest BCUT2D eigenvalue weighted by atomic mass is 10.1. The summed E-state index contributed by atoms with van der Waals surface area (Å²) in [6, 6.07) is -0.0566. The minimum atomic E-state index is -3.29. The highest BCUT2D eigenvalue weighted by atomic mass is 32.2. The van der Waals surface area contributed by atoms with Crippen LogP contribution < -0.4 is 4.90 Å². The Kier molecular flexibility index (Phi) is 3.17. The van der Waals surface area contributed by atoms with E-state index < -0.39 is 9.84 Å². The molecule has 3 rings (SSSR count). The van der Waals surface area contributed by atoms with Gasteiger partial charge < -0.3 is 4.90 Å². The van der Waals surface area contributed by atoms with E-state index in [4.69, 9.17) is 0 Å². The normalized spacial score (nSPS) is 19.4. The molecule has 1 aliphatic rings. The summed E-state index contributed by atoms with van der Waals surface area (Å²) >= 11 is 0. The first kappa shape index (κ1) is 13.0. The van der Waals surface area contributed by atoms with Gasteiger partial charge in [0.1, 0.15) is 10.7 Å². The number of nitrogens with one attached hydrogen (secondary N) is 1. The van der Waals surface area contributed by atoms with Crippen molar-refractivity contribution in [3.05, 3.63) is 30.5 Å². The van der Waals surface area contributed by atoms with Crippen molar-refractivity contribution in [2.24, 2.45) is 0 Å². The van der Waals surface area contributed by atoms with Crippen LogP contribution in [0.1, 0.15) is 24.6 Å². The van der Waals surface area contributed by atoms with Crippen molar-refractivity contribution in [3.63, 3.8) is 0 Å². The molecule has 1 atom stereocenters. The summed E-state index contributed by atoms with van der Waals surface area (Å²) in [5.74, 6) is 0.754. The minimum Gasteiger partial charge on any atom is -0.347 e. The molecule has 0 aromatic carbocycles. The summed E-state index contributed by atoms with van der Waals surface area (Å²) in [7, 11) is -3.29. The maximum atomic E-state index is 11.8. The van der Waals surface area contributed by atoms with Gasteiger partial charge in [-0.15, -0.1) is 0 Å². The van der Waals surface area contributed by atoms with E-state index in [0.29, 0.717) is 5.69 Å². The van der Waals surface area contributed by atoms with Gasteiger partial charge in [0, 0.05) is 25.2 Å². The summed E-state index contributed by atoms with van der Waals surface area (Å²) < 4.78 is 23.6. The summed E-state index contributed by atoms with van der Waals surface area (Å²) in [6.45, 7) is 0.825. The average molecular weight is 293 g/mol. The van der Waals surface area contributed by atoms with Crippen molar-refractivity contribution in [2.45, 2.75) is 23.8 Å². The molecule has 1 aliphatic heterocycles. The molecule has 106 valence electrons. The first-order valence-corrected chi connectivity index (χ1v) is 8.22. The molecule has 0 saturated carbocycles. The zero-order valence-corrected chi connectivity index (χ0v) is 11.8. The van der Waals surface area contributed by atoms with Gasteiger partial charge in [0.2, 0.25) is 0 Å². The molecule has 3 heterocycles. The minimum absolute atomic E-state index is 0.0566. The van der Waals surface area contributed by atoms with Crippen LogP contribution in [0.2, 0.25) is 0 Å². The van der Waals surface area contributed by atoms with Gasteiger partial charge in [0.05, 0.1) is 24.1 Å². The molecule has 1 saturated heterocycles. The summed E-state index contributed by atoms with van der Waals surface area (Å²) in [6.07, 6.45) is 9.35. The Bertz CT molecular complexity index is 698. The fraction of sp³-hybridized carbons (Fsp3) is 0.417. The number of H-pyrrole nitrogens is 1. The Morgan fingerprint density at radius 1 is 1.35 bits per heavy atom. The van der Waals surface area contributed by atoms with E-state index in [1.54, 1.807) is 18.6 Å². The molecule has 1 N–H and O–H groups in total. The molecule has 2 aromatic rings. The third-order valence-electron chi connectivity index (χ3n) is 3.46. The van der Waals surface area contributed by atoms with Crippen LogP contribution in [-0.2, 0) is 9.84 Å². The van der Waals surface area contributed by atoms with Crippen LogP contribution in [0.25, 0.3) is 0 Å². The maximum absolute atomic E-state index is 11.8. The molecular weight excluding hydrogens is 278 g/mol. The van der Waals surface area contributed by atoms with Crippen molar-refractivity contribution in [1.82, 2.24) is 20.2 Å². The second kappa shape index (κ2) is 4.86. The number of aromatic amines is 1. The van der Waals surface area contributed by atoms with Gasteiger partial charge >= 0.3 is 0 Å². The van der Waals surface area contributed by atoms with E-state index in [-0.39, 0.29) is 10.9 Å². The second-order valence-electron chi connectivity index (χ2n) is 4.84. The highest BCUT2D eigenvalue weighted by Crippen LogP contribution is 2.36. The van der Waals surface area contributed by atoms with Crippen molar-refractivity contribution in [3.8, 4) is 0 Å². The summed E-state index contributed by atoms with van der Waals surface area (Å²) in [5, 5.41) is 6.73. The van der Waals surface area contributed by atoms with Crippen LogP contribution in [0.4, 0.5) is 5.82 Å². The lowest BCUT2D eigenvalue weighted by molar-refractivity contribution is 0.596. The van der Waals surface area contributed by atoms with Crippen molar-refractivity contribution >= 4 is 15.7 Å². The molecule has 7 nitrogen and oxygen atoms in total. The van der Waals surface area contributed by atoms with E-state index in [1.165, 1.54) is 12.5 Å². The monoisotopic (exact) mass is 293 g/mol. The van der Waals surface area contributed by atoms with Gasteiger partial charge in [-0.3, -0.25) is 10.1 Å². The first-order chi connectivity index (χ1) is 9.57. The molecule has 0 radical (unpaired) electrons. The molecule has 0 spiro atoms. The SMILES string of the molecule is CS(=O)(=O)c1cn[nH]c1C1CCCN1c1cnccn1. The van der Waals surface area contributed by atoms with Crippen LogP contribution in [0, 0.1) is 0 Å². The number of hydrogen-bond donors (Lipinski definition) is 1. The topological polar surface area (TPSA) is 91.8 Å². The number of hydrogen-bond acceptors (Lipinski definition) is 6. The van der Waals surface area contributed by atoms with E-state index in [9.17, 15) is 8.42 Å². The standard InChI is InChI=1S/C12H15N5O2S/c1-20(18,19)10-7-15-16-12(10)9-3-2-6-17(9)11-8-13-4-5-14-11/h4-5,7-9H,2-3,6H2,1H3,(H,15,16). The summed E-state index contributed by atoms with van der Waals surface area (Å²) in [5.41, 5.74) is 0.635. The van der Waals surface area contributed by atoms with Gasteiger partial charge in [0.25, 0.3) is 0 Å². The van der Waals surface area contributed by atoms with Crippen LogP contribution in [0.5, 0.6) is 0 Å². The Morgan fingerprint density at radius 3 is 2.90 bits per heavy atom. The fourth-order valence-corrected chi connectivity index (χ4v) is 3.43. The Labute approximate surface area is 117 Å². The zero-order chi connectivity index (χ0) is 14.2. The van der Waals surface area contributed by atoms with E-state index >= 15 is 0 Å². The molecule has 1 unspecified atom stereocenters. The molecule has 0 aliphatic carbocycles. The Hall–Kier alpha value is -1.96. The van der Waals surface area contributed by atoms with Gasteiger partial charge in [0.15, 0.2) is 9.84 Å².